The smallest absolute Gasteiger partial charge is 0.325 e. The number of urea groups is 1. The molecule has 0 radical (unpaired) electrons. The van der Waals surface area contributed by atoms with Crippen LogP contribution in [0.1, 0.15) is 23.1 Å². The molecule has 8 nitrogen and oxygen atoms in total. The molecule has 2 aliphatic heterocycles. The Morgan fingerprint density at radius 1 is 0.909 bits per heavy atom. The molecule has 2 heterocycles. The van der Waals surface area contributed by atoms with Gasteiger partial charge in [-0.3, -0.25) is 9.69 Å². The Hall–Kier alpha value is -2.75. The molecule has 0 saturated carbocycles. The van der Waals surface area contributed by atoms with E-state index in [-0.39, 0.29) is 12.6 Å². The average Bonchev–Trinajstić information content (AvgIpc) is 3.40. The molecule has 2 fully saturated rings. The summed E-state index contributed by atoms with van der Waals surface area (Å²) in [5, 5.41) is 2.77. The number of nitrogens with one attached hydrogen (secondary N) is 1. The van der Waals surface area contributed by atoms with Crippen molar-refractivity contribution in [3.8, 4) is 0 Å². The molecule has 3 aliphatic rings. The van der Waals surface area contributed by atoms with Gasteiger partial charge in [-0.25, -0.2) is 18.1 Å². The third-order valence-electron chi connectivity index (χ3n) is 6.77. The predicted octanol–water partition coefficient (Wildman–Crippen LogP) is 1.60. The Kier molecular flexibility index (Phi) is 5.94. The average molecular weight is 469 g/mol. The van der Waals surface area contributed by atoms with Crippen molar-refractivity contribution < 1.29 is 18.0 Å². The number of aryl methyl sites for hydroxylation is 2. The molecular formula is C24H28N4O4S. The minimum Gasteiger partial charge on any atom is -0.325 e. The minimum absolute atomic E-state index is 0.169. The second-order valence-electron chi connectivity index (χ2n) is 8.91. The van der Waals surface area contributed by atoms with Crippen LogP contribution in [0.5, 0.6) is 0 Å². The molecule has 2 aromatic carbocycles. The number of carbonyl (C=O) groups is 2. The van der Waals surface area contributed by atoms with Gasteiger partial charge in [0.1, 0.15) is 6.04 Å². The summed E-state index contributed by atoms with van der Waals surface area (Å²) in [4.78, 5) is 28.8. The number of carbonyl (C=O) groups excluding carboxylic acids is 2. The summed E-state index contributed by atoms with van der Waals surface area (Å²) in [5.74, 6) is -0.239. The molecule has 0 aromatic heterocycles. The van der Waals surface area contributed by atoms with Crippen LogP contribution in [0.15, 0.2) is 53.4 Å². The summed E-state index contributed by atoms with van der Waals surface area (Å²) >= 11 is 0. The van der Waals surface area contributed by atoms with E-state index in [1.807, 2.05) is 47.4 Å². The largest absolute Gasteiger partial charge is 0.325 e. The number of nitrogens with zero attached hydrogens (tertiary/aromatic N) is 3. The van der Waals surface area contributed by atoms with E-state index >= 15 is 0 Å². The Labute approximate surface area is 194 Å². The minimum atomic E-state index is -3.55. The van der Waals surface area contributed by atoms with Gasteiger partial charge >= 0.3 is 6.03 Å². The Bertz CT molecular complexity index is 1160. The quantitative estimate of drug-likeness (QED) is 0.651. The first-order valence-corrected chi connectivity index (χ1v) is 12.9. The zero-order valence-corrected chi connectivity index (χ0v) is 19.3. The van der Waals surface area contributed by atoms with Crippen LogP contribution in [0.25, 0.3) is 0 Å². The zero-order chi connectivity index (χ0) is 23.0. The topological polar surface area (TPSA) is 90.0 Å². The fourth-order valence-corrected chi connectivity index (χ4v) is 6.34. The molecule has 0 bridgehead atoms. The highest BCUT2D eigenvalue weighted by Gasteiger charge is 2.39. The van der Waals surface area contributed by atoms with Gasteiger partial charge in [0.15, 0.2) is 0 Å². The first-order chi connectivity index (χ1) is 15.9. The summed E-state index contributed by atoms with van der Waals surface area (Å²) in [6, 6.07) is 14.1. The van der Waals surface area contributed by atoms with Crippen LogP contribution in [-0.4, -0.2) is 73.4 Å². The van der Waals surface area contributed by atoms with E-state index in [0.29, 0.717) is 37.5 Å². The lowest BCUT2D eigenvalue weighted by Gasteiger charge is -2.35. The van der Waals surface area contributed by atoms with Crippen LogP contribution in [0, 0.1) is 0 Å². The van der Waals surface area contributed by atoms with Crippen LogP contribution in [0.3, 0.4) is 0 Å². The van der Waals surface area contributed by atoms with Crippen molar-refractivity contribution in [1.29, 1.82) is 0 Å². The SMILES string of the molecule is O=C1N[C@@H](Cc2ccccc2)C(=O)N1CN1CCN(S(=O)(=O)c2ccc3c(c2)CCC3)CC1. The van der Waals surface area contributed by atoms with E-state index < -0.39 is 22.1 Å². The lowest BCUT2D eigenvalue weighted by atomic mass is 10.1. The standard InChI is InChI=1S/C24H28N4O4S/c29-23-22(15-18-5-2-1-3-6-18)25-24(30)28(23)17-26-11-13-27(14-12-26)33(31,32)21-10-9-19-7-4-8-20(19)16-21/h1-3,5-6,9-10,16,22H,4,7-8,11-15,17H2,(H,25,30)/t22-/m0/s1. The summed E-state index contributed by atoms with van der Waals surface area (Å²) in [6.07, 6.45) is 3.48. The van der Waals surface area contributed by atoms with Crippen LogP contribution in [0.4, 0.5) is 4.79 Å². The zero-order valence-electron chi connectivity index (χ0n) is 18.4. The number of piperazine rings is 1. The van der Waals surface area contributed by atoms with Gasteiger partial charge < -0.3 is 5.32 Å². The van der Waals surface area contributed by atoms with Crippen molar-refractivity contribution in [1.82, 2.24) is 19.4 Å². The van der Waals surface area contributed by atoms with Crippen molar-refractivity contribution in [2.75, 3.05) is 32.8 Å². The van der Waals surface area contributed by atoms with Crippen LogP contribution < -0.4 is 5.32 Å². The molecule has 174 valence electrons. The Morgan fingerprint density at radius 2 is 1.64 bits per heavy atom. The molecule has 33 heavy (non-hydrogen) atoms. The molecule has 1 atom stereocenters. The maximum absolute atomic E-state index is 13.1. The number of hydrogen-bond donors (Lipinski definition) is 1. The van der Waals surface area contributed by atoms with Crippen molar-refractivity contribution >= 4 is 22.0 Å². The normalized spacial score (nSPS) is 21.9. The number of sulfonamides is 1. The molecule has 2 aromatic rings. The molecule has 1 N–H and O–H groups in total. The highest BCUT2D eigenvalue weighted by atomic mass is 32.2. The van der Waals surface area contributed by atoms with Gasteiger partial charge in [0.2, 0.25) is 10.0 Å². The highest BCUT2D eigenvalue weighted by Crippen LogP contribution is 2.27. The van der Waals surface area contributed by atoms with Gasteiger partial charge in [-0.15, -0.1) is 0 Å². The van der Waals surface area contributed by atoms with Gasteiger partial charge in [0.25, 0.3) is 5.91 Å². The number of benzene rings is 2. The van der Waals surface area contributed by atoms with Gasteiger partial charge in [0, 0.05) is 32.6 Å². The lowest BCUT2D eigenvalue weighted by molar-refractivity contribution is -0.129. The van der Waals surface area contributed by atoms with E-state index in [9.17, 15) is 18.0 Å². The molecule has 0 unspecified atom stereocenters. The van der Waals surface area contributed by atoms with Crippen molar-refractivity contribution in [2.24, 2.45) is 0 Å². The molecule has 5 rings (SSSR count). The maximum atomic E-state index is 13.1. The number of fused-ring (bicyclic) bond motifs is 1. The fourth-order valence-electron chi connectivity index (χ4n) is 4.87. The summed E-state index contributed by atoms with van der Waals surface area (Å²) in [7, 11) is -3.55. The summed E-state index contributed by atoms with van der Waals surface area (Å²) in [5.41, 5.74) is 3.37. The van der Waals surface area contributed by atoms with Gasteiger partial charge in [-0.05, 0) is 48.1 Å². The molecule has 2 saturated heterocycles. The number of hydrogen-bond acceptors (Lipinski definition) is 5. The molecular weight excluding hydrogens is 440 g/mol. The molecule has 1 aliphatic carbocycles. The van der Waals surface area contributed by atoms with Crippen molar-refractivity contribution in [3.05, 3.63) is 65.2 Å². The summed E-state index contributed by atoms with van der Waals surface area (Å²) in [6.45, 7) is 1.75. The van der Waals surface area contributed by atoms with Gasteiger partial charge in [-0.2, -0.15) is 4.31 Å². The molecule has 3 amide bonds. The molecule has 0 spiro atoms. The van der Waals surface area contributed by atoms with Crippen LogP contribution in [-0.2, 0) is 34.1 Å². The highest BCUT2D eigenvalue weighted by molar-refractivity contribution is 7.89. The maximum Gasteiger partial charge on any atom is 0.325 e. The van der Waals surface area contributed by atoms with Crippen molar-refractivity contribution in [3.63, 3.8) is 0 Å². The fraction of sp³-hybridized carbons (Fsp3) is 0.417. The van der Waals surface area contributed by atoms with Gasteiger partial charge in [0.05, 0.1) is 11.6 Å². The van der Waals surface area contributed by atoms with Gasteiger partial charge in [-0.1, -0.05) is 36.4 Å². The lowest BCUT2D eigenvalue weighted by Crippen LogP contribution is -2.52. The van der Waals surface area contributed by atoms with E-state index in [2.05, 4.69) is 5.32 Å². The Balaban J connectivity index is 1.18. The summed E-state index contributed by atoms with van der Waals surface area (Å²) < 4.78 is 27.8. The predicted molar refractivity (Wildman–Crippen MR) is 123 cm³/mol. The van der Waals surface area contributed by atoms with Crippen LogP contribution in [0.2, 0.25) is 0 Å². The second kappa shape index (κ2) is 8.89. The second-order valence-corrected chi connectivity index (χ2v) is 10.8. The van der Waals surface area contributed by atoms with Crippen molar-refractivity contribution in [2.45, 2.75) is 36.6 Å². The van der Waals surface area contributed by atoms with E-state index in [1.54, 1.807) is 6.07 Å². The van der Waals surface area contributed by atoms with E-state index in [0.717, 1.165) is 30.4 Å². The van der Waals surface area contributed by atoms with Crippen LogP contribution >= 0.6 is 0 Å². The molecule has 9 heteroatoms. The van der Waals surface area contributed by atoms with E-state index in [4.69, 9.17) is 0 Å². The number of imide groups is 1. The number of amides is 3. The third-order valence-corrected chi connectivity index (χ3v) is 8.66. The first kappa shape index (κ1) is 22.1. The number of rotatable bonds is 6. The monoisotopic (exact) mass is 468 g/mol. The first-order valence-electron chi connectivity index (χ1n) is 11.4. The Morgan fingerprint density at radius 3 is 2.39 bits per heavy atom. The third kappa shape index (κ3) is 4.40. The van der Waals surface area contributed by atoms with E-state index in [1.165, 1.54) is 14.8 Å².